The summed E-state index contributed by atoms with van der Waals surface area (Å²) in [4.78, 5) is 9.61. The van der Waals surface area contributed by atoms with Crippen molar-refractivity contribution >= 4 is 11.3 Å². The molecule has 0 amide bonds. The first-order valence-corrected chi connectivity index (χ1v) is 10.3. The maximum Gasteiger partial charge on any atom is 0.0794 e. The maximum atomic E-state index is 4.40. The molecule has 1 aliphatic heterocycles. The van der Waals surface area contributed by atoms with Crippen molar-refractivity contribution in [3.8, 4) is 0 Å². The standard InChI is InChI=1S/C22H25N3S/c1-3-7-19(8-4-1)22(20-9-5-2-6-10-20)25-15-13-24(14-16-25)12-11-21-17-26-18-23-21/h1-10,17-18,22H,11-16H2. The number of hydrogen-bond acceptors (Lipinski definition) is 4. The number of hydrogen-bond donors (Lipinski definition) is 0. The molecule has 0 atom stereocenters. The molecule has 2 aromatic carbocycles. The van der Waals surface area contributed by atoms with Gasteiger partial charge in [-0.1, -0.05) is 60.7 Å². The van der Waals surface area contributed by atoms with Crippen LogP contribution in [0.2, 0.25) is 0 Å². The summed E-state index contributed by atoms with van der Waals surface area (Å²) >= 11 is 1.69. The molecule has 0 spiro atoms. The molecule has 0 unspecified atom stereocenters. The van der Waals surface area contributed by atoms with E-state index in [1.165, 1.54) is 16.8 Å². The summed E-state index contributed by atoms with van der Waals surface area (Å²) in [6.45, 7) is 5.57. The monoisotopic (exact) mass is 363 g/mol. The Kier molecular flexibility index (Phi) is 5.75. The van der Waals surface area contributed by atoms with Crippen molar-refractivity contribution in [2.45, 2.75) is 12.5 Å². The zero-order valence-electron chi connectivity index (χ0n) is 15.0. The minimum absolute atomic E-state index is 0.345. The summed E-state index contributed by atoms with van der Waals surface area (Å²) in [6, 6.07) is 22.2. The van der Waals surface area contributed by atoms with Crippen LogP contribution in [0.5, 0.6) is 0 Å². The normalized spacial score (nSPS) is 16.2. The van der Waals surface area contributed by atoms with Gasteiger partial charge in [0.05, 0.1) is 17.2 Å². The Labute approximate surface area is 159 Å². The van der Waals surface area contributed by atoms with Crippen LogP contribution in [0.1, 0.15) is 22.9 Å². The van der Waals surface area contributed by atoms with E-state index in [1.54, 1.807) is 11.3 Å². The Morgan fingerprint density at radius 3 is 2.00 bits per heavy atom. The highest BCUT2D eigenvalue weighted by Gasteiger charge is 2.26. The maximum absolute atomic E-state index is 4.40. The zero-order valence-corrected chi connectivity index (χ0v) is 15.8. The molecule has 1 saturated heterocycles. The Morgan fingerprint density at radius 2 is 1.46 bits per heavy atom. The molecular weight excluding hydrogens is 338 g/mol. The Balaban J connectivity index is 1.43. The lowest BCUT2D eigenvalue weighted by molar-refractivity contribution is 0.110. The van der Waals surface area contributed by atoms with E-state index in [1.807, 2.05) is 5.51 Å². The van der Waals surface area contributed by atoms with E-state index in [0.717, 1.165) is 39.1 Å². The van der Waals surface area contributed by atoms with Crippen LogP contribution in [-0.4, -0.2) is 47.5 Å². The molecule has 0 radical (unpaired) electrons. The van der Waals surface area contributed by atoms with Crippen LogP contribution in [0.4, 0.5) is 0 Å². The number of thiazole rings is 1. The predicted molar refractivity (Wildman–Crippen MR) is 109 cm³/mol. The summed E-state index contributed by atoms with van der Waals surface area (Å²) in [7, 11) is 0. The second-order valence-electron chi connectivity index (χ2n) is 6.83. The molecule has 26 heavy (non-hydrogen) atoms. The molecule has 0 bridgehead atoms. The first-order valence-electron chi connectivity index (χ1n) is 9.33. The van der Waals surface area contributed by atoms with E-state index in [9.17, 15) is 0 Å². The molecular formula is C22H25N3S. The van der Waals surface area contributed by atoms with Crippen molar-refractivity contribution in [2.75, 3.05) is 32.7 Å². The van der Waals surface area contributed by atoms with E-state index < -0.39 is 0 Å². The summed E-state index contributed by atoms with van der Waals surface area (Å²) in [5, 5.41) is 2.16. The Morgan fingerprint density at radius 1 is 0.846 bits per heavy atom. The lowest BCUT2D eigenvalue weighted by atomic mass is 9.96. The van der Waals surface area contributed by atoms with Crippen LogP contribution in [0.25, 0.3) is 0 Å². The van der Waals surface area contributed by atoms with E-state index in [4.69, 9.17) is 0 Å². The molecule has 0 aliphatic carbocycles. The molecule has 1 aliphatic rings. The minimum atomic E-state index is 0.345. The van der Waals surface area contributed by atoms with E-state index in [2.05, 4.69) is 80.8 Å². The van der Waals surface area contributed by atoms with Gasteiger partial charge in [0.15, 0.2) is 0 Å². The molecule has 134 valence electrons. The van der Waals surface area contributed by atoms with Crippen molar-refractivity contribution in [3.63, 3.8) is 0 Å². The summed E-state index contributed by atoms with van der Waals surface area (Å²) < 4.78 is 0. The van der Waals surface area contributed by atoms with Gasteiger partial charge < -0.3 is 4.90 Å². The fourth-order valence-corrected chi connectivity index (χ4v) is 4.36. The number of piperazine rings is 1. The van der Waals surface area contributed by atoms with E-state index in [-0.39, 0.29) is 0 Å². The van der Waals surface area contributed by atoms with Crippen LogP contribution in [0.3, 0.4) is 0 Å². The first-order chi connectivity index (χ1) is 12.9. The third-order valence-corrected chi connectivity index (χ3v) is 5.81. The van der Waals surface area contributed by atoms with Gasteiger partial charge in [0, 0.05) is 44.5 Å². The zero-order chi connectivity index (χ0) is 17.6. The van der Waals surface area contributed by atoms with Gasteiger partial charge in [-0.25, -0.2) is 4.98 Å². The summed E-state index contributed by atoms with van der Waals surface area (Å²) in [6.07, 6.45) is 1.06. The van der Waals surface area contributed by atoms with Crippen LogP contribution >= 0.6 is 11.3 Å². The first kappa shape index (κ1) is 17.4. The second-order valence-corrected chi connectivity index (χ2v) is 7.55. The fourth-order valence-electron chi connectivity index (χ4n) is 3.76. The van der Waals surface area contributed by atoms with Gasteiger partial charge >= 0.3 is 0 Å². The molecule has 2 heterocycles. The molecule has 4 rings (SSSR count). The molecule has 1 fully saturated rings. The van der Waals surface area contributed by atoms with E-state index in [0.29, 0.717) is 6.04 Å². The quantitative estimate of drug-likeness (QED) is 0.657. The topological polar surface area (TPSA) is 19.4 Å². The lowest BCUT2D eigenvalue weighted by Gasteiger charge is -2.39. The summed E-state index contributed by atoms with van der Waals surface area (Å²) in [5.74, 6) is 0. The Hall–Kier alpha value is -2.01. The van der Waals surface area contributed by atoms with Crippen LogP contribution in [-0.2, 0) is 6.42 Å². The van der Waals surface area contributed by atoms with Gasteiger partial charge in [0.2, 0.25) is 0 Å². The largest absolute Gasteiger partial charge is 0.300 e. The summed E-state index contributed by atoms with van der Waals surface area (Å²) in [5.41, 5.74) is 5.92. The molecule has 1 aromatic heterocycles. The lowest BCUT2D eigenvalue weighted by Crippen LogP contribution is -2.48. The predicted octanol–water partition coefficient (Wildman–Crippen LogP) is 4.09. The molecule has 0 saturated carbocycles. The minimum Gasteiger partial charge on any atom is -0.300 e. The molecule has 4 heteroatoms. The van der Waals surface area contributed by atoms with Gasteiger partial charge in [-0.05, 0) is 11.1 Å². The molecule has 3 nitrogen and oxygen atoms in total. The molecule has 0 N–H and O–H groups in total. The fraction of sp³-hybridized carbons (Fsp3) is 0.318. The van der Waals surface area contributed by atoms with Crippen LogP contribution in [0, 0.1) is 0 Å². The highest BCUT2D eigenvalue weighted by molar-refractivity contribution is 7.07. The van der Waals surface area contributed by atoms with E-state index >= 15 is 0 Å². The number of aromatic nitrogens is 1. The highest BCUT2D eigenvalue weighted by atomic mass is 32.1. The van der Waals surface area contributed by atoms with Crippen molar-refractivity contribution in [3.05, 3.63) is 88.4 Å². The third-order valence-electron chi connectivity index (χ3n) is 5.17. The second kappa shape index (κ2) is 8.58. The van der Waals surface area contributed by atoms with Crippen LogP contribution < -0.4 is 0 Å². The van der Waals surface area contributed by atoms with Gasteiger partial charge in [0.1, 0.15) is 0 Å². The van der Waals surface area contributed by atoms with Gasteiger partial charge in [0.25, 0.3) is 0 Å². The van der Waals surface area contributed by atoms with Crippen molar-refractivity contribution in [1.82, 2.24) is 14.8 Å². The number of rotatable bonds is 6. The average molecular weight is 364 g/mol. The average Bonchev–Trinajstić information content (AvgIpc) is 3.23. The Bertz CT molecular complexity index is 726. The smallest absolute Gasteiger partial charge is 0.0794 e. The van der Waals surface area contributed by atoms with Gasteiger partial charge in [-0.15, -0.1) is 11.3 Å². The highest BCUT2D eigenvalue weighted by Crippen LogP contribution is 2.29. The molecule has 3 aromatic rings. The van der Waals surface area contributed by atoms with Crippen molar-refractivity contribution in [1.29, 1.82) is 0 Å². The van der Waals surface area contributed by atoms with Crippen LogP contribution in [0.15, 0.2) is 71.6 Å². The van der Waals surface area contributed by atoms with Gasteiger partial charge in [-0.3, -0.25) is 4.90 Å². The van der Waals surface area contributed by atoms with Gasteiger partial charge in [-0.2, -0.15) is 0 Å². The third kappa shape index (κ3) is 4.21. The SMILES string of the molecule is c1ccc(C(c2ccccc2)N2CCN(CCc3cscn3)CC2)cc1. The van der Waals surface area contributed by atoms with Crippen molar-refractivity contribution in [2.24, 2.45) is 0 Å². The number of benzene rings is 2. The van der Waals surface area contributed by atoms with Crippen molar-refractivity contribution < 1.29 is 0 Å². The number of nitrogens with zero attached hydrogens (tertiary/aromatic N) is 3.